The van der Waals surface area contributed by atoms with Crippen LogP contribution >= 0.6 is 15.9 Å². The van der Waals surface area contributed by atoms with Gasteiger partial charge >= 0.3 is 0 Å². The summed E-state index contributed by atoms with van der Waals surface area (Å²) in [4.78, 5) is 18.5. The Balaban J connectivity index is 2.10. The summed E-state index contributed by atoms with van der Waals surface area (Å²) in [5.74, 6) is 0.225. The van der Waals surface area contributed by atoms with E-state index in [0.29, 0.717) is 12.6 Å². The highest BCUT2D eigenvalue weighted by molar-refractivity contribution is 9.10. The average molecular weight is 326 g/mol. The summed E-state index contributed by atoms with van der Waals surface area (Å²) in [5.41, 5.74) is 7.08. The molecule has 0 bridgehead atoms. The molecule has 0 aliphatic heterocycles. The van der Waals surface area contributed by atoms with E-state index >= 15 is 0 Å². The van der Waals surface area contributed by atoms with Crippen LogP contribution in [0.1, 0.15) is 32.3 Å². The second-order valence-electron chi connectivity index (χ2n) is 5.45. The molecule has 0 saturated heterocycles. The highest BCUT2D eigenvalue weighted by atomic mass is 79.9. The normalized spacial score (nSPS) is 16.5. The largest absolute Gasteiger partial charge is 0.334 e. The van der Waals surface area contributed by atoms with E-state index in [0.717, 1.165) is 23.0 Å². The molecule has 0 spiro atoms. The smallest absolute Gasteiger partial charge is 0.240 e. The van der Waals surface area contributed by atoms with Crippen LogP contribution in [0.2, 0.25) is 0 Å². The molecule has 4 nitrogen and oxygen atoms in total. The van der Waals surface area contributed by atoms with Gasteiger partial charge in [0.15, 0.2) is 0 Å². The number of carbonyl (C=O) groups is 1. The van der Waals surface area contributed by atoms with Crippen molar-refractivity contribution in [2.75, 3.05) is 0 Å². The van der Waals surface area contributed by atoms with Gasteiger partial charge in [0.1, 0.15) is 4.60 Å². The molecule has 104 valence electrons. The van der Waals surface area contributed by atoms with Crippen LogP contribution in [-0.4, -0.2) is 27.9 Å². The van der Waals surface area contributed by atoms with E-state index in [1.165, 1.54) is 0 Å². The van der Waals surface area contributed by atoms with Crippen molar-refractivity contribution in [3.63, 3.8) is 0 Å². The van der Waals surface area contributed by atoms with E-state index in [4.69, 9.17) is 5.73 Å². The van der Waals surface area contributed by atoms with Crippen molar-refractivity contribution in [3.05, 3.63) is 28.5 Å². The number of halogens is 1. The van der Waals surface area contributed by atoms with Gasteiger partial charge in [-0.1, -0.05) is 13.8 Å². The Hall–Kier alpha value is -0.940. The van der Waals surface area contributed by atoms with Crippen LogP contribution in [0.25, 0.3) is 0 Å². The predicted octanol–water partition coefficient (Wildman–Crippen LogP) is 2.32. The first-order chi connectivity index (χ1) is 8.99. The molecule has 2 rings (SSSR count). The lowest BCUT2D eigenvalue weighted by Crippen LogP contribution is -2.47. The Morgan fingerprint density at radius 1 is 1.58 bits per heavy atom. The van der Waals surface area contributed by atoms with Gasteiger partial charge in [0.2, 0.25) is 5.91 Å². The van der Waals surface area contributed by atoms with E-state index in [1.54, 1.807) is 6.20 Å². The fourth-order valence-electron chi connectivity index (χ4n) is 1.99. The van der Waals surface area contributed by atoms with E-state index in [-0.39, 0.29) is 11.8 Å². The third kappa shape index (κ3) is 3.76. The van der Waals surface area contributed by atoms with Gasteiger partial charge in [0.25, 0.3) is 0 Å². The van der Waals surface area contributed by atoms with Crippen LogP contribution in [-0.2, 0) is 11.3 Å². The number of aromatic nitrogens is 1. The fraction of sp³-hybridized carbons (Fsp3) is 0.571. The summed E-state index contributed by atoms with van der Waals surface area (Å²) >= 11 is 3.35. The van der Waals surface area contributed by atoms with Crippen molar-refractivity contribution in [3.8, 4) is 0 Å². The Morgan fingerprint density at radius 3 is 2.79 bits per heavy atom. The number of amides is 1. The maximum Gasteiger partial charge on any atom is 0.240 e. The summed E-state index contributed by atoms with van der Waals surface area (Å²) in [5, 5.41) is 0. The van der Waals surface area contributed by atoms with Crippen molar-refractivity contribution < 1.29 is 4.79 Å². The highest BCUT2D eigenvalue weighted by Gasteiger charge is 2.35. The van der Waals surface area contributed by atoms with Crippen molar-refractivity contribution >= 4 is 21.8 Å². The molecule has 1 aromatic rings. The predicted molar refractivity (Wildman–Crippen MR) is 78.3 cm³/mol. The molecule has 1 fully saturated rings. The average Bonchev–Trinajstić information content (AvgIpc) is 3.18. The number of nitrogens with two attached hydrogens (primary N) is 1. The number of nitrogens with zero attached hydrogens (tertiary/aromatic N) is 2. The number of hydrogen-bond acceptors (Lipinski definition) is 3. The number of hydrogen-bond donors (Lipinski definition) is 1. The summed E-state index contributed by atoms with van der Waals surface area (Å²) in [7, 11) is 0. The number of carbonyl (C=O) groups excluding carboxylic acids is 1. The van der Waals surface area contributed by atoms with Crippen LogP contribution in [0.5, 0.6) is 0 Å². The molecule has 19 heavy (non-hydrogen) atoms. The second kappa shape index (κ2) is 6.01. The molecule has 1 aromatic heterocycles. The molecule has 2 N–H and O–H groups in total. The summed E-state index contributed by atoms with van der Waals surface area (Å²) in [6.07, 6.45) is 3.92. The molecule has 5 heteroatoms. The zero-order valence-electron chi connectivity index (χ0n) is 11.3. The van der Waals surface area contributed by atoms with E-state index in [2.05, 4.69) is 20.9 Å². The monoisotopic (exact) mass is 325 g/mol. The molecule has 0 radical (unpaired) electrons. The van der Waals surface area contributed by atoms with E-state index < -0.39 is 6.04 Å². The fourth-order valence-corrected chi connectivity index (χ4v) is 2.40. The summed E-state index contributed by atoms with van der Waals surface area (Å²) in [6, 6.07) is 3.84. The second-order valence-corrected chi connectivity index (χ2v) is 6.27. The van der Waals surface area contributed by atoms with Crippen LogP contribution in [0.15, 0.2) is 22.9 Å². The molecule has 1 atom stereocenters. The summed E-state index contributed by atoms with van der Waals surface area (Å²) in [6.45, 7) is 4.58. The van der Waals surface area contributed by atoms with Gasteiger partial charge < -0.3 is 10.6 Å². The Labute approximate surface area is 122 Å². The zero-order valence-corrected chi connectivity index (χ0v) is 12.9. The van der Waals surface area contributed by atoms with E-state index in [1.807, 2.05) is 30.9 Å². The lowest BCUT2D eigenvalue weighted by molar-refractivity contribution is -0.134. The van der Waals surface area contributed by atoms with Crippen molar-refractivity contribution in [2.24, 2.45) is 11.7 Å². The maximum absolute atomic E-state index is 12.4. The molecule has 1 saturated carbocycles. The van der Waals surface area contributed by atoms with Crippen molar-refractivity contribution in [2.45, 2.75) is 45.3 Å². The Bertz CT molecular complexity index is 460. The minimum atomic E-state index is -0.411. The van der Waals surface area contributed by atoms with Gasteiger partial charge in [-0.2, -0.15) is 0 Å². The molecule has 1 heterocycles. The van der Waals surface area contributed by atoms with Gasteiger partial charge in [0, 0.05) is 18.8 Å². The molecule has 0 aromatic carbocycles. The standard InChI is InChI=1S/C14H20BrN3O/c1-9(2)13(16)14(19)18(11-3-4-11)8-10-5-6-17-12(15)7-10/h5-7,9,11,13H,3-4,8,16H2,1-2H3. The van der Waals surface area contributed by atoms with Crippen molar-refractivity contribution in [1.82, 2.24) is 9.88 Å². The molecular formula is C14H20BrN3O. The summed E-state index contributed by atoms with van der Waals surface area (Å²) < 4.78 is 0.793. The van der Waals surface area contributed by atoms with Crippen molar-refractivity contribution in [1.29, 1.82) is 0 Å². The third-order valence-corrected chi connectivity index (χ3v) is 3.85. The lowest BCUT2D eigenvalue weighted by atomic mass is 10.0. The van der Waals surface area contributed by atoms with Crippen LogP contribution < -0.4 is 5.73 Å². The SMILES string of the molecule is CC(C)C(N)C(=O)N(Cc1ccnc(Br)c1)C1CC1. The first-order valence-electron chi connectivity index (χ1n) is 6.65. The number of pyridine rings is 1. The first kappa shape index (κ1) is 14.5. The Morgan fingerprint density at radius 2 is 2.26 bits per heavy atom. The van der Waals surface area contributed by atoms with Crippen LogP contribution in [0.4, 0.5) is 0 Å². The number of rotatable bonds is 5. The topological polar surface area (TPSA) is 59.2 Å². The minimum Gasteiger partial charge on any atom is -0.334 e. The van der Waals surface area contributed by atoms with Gasteiger partial charge in [-0.15, -0.1) is 0 Å². The molecular weight excluding hydrogens is 306 g/mol. The van der Waals surface area contributed by atoms with Crippen LogP contribution in [0.3, 0.4) is 0 Å². The lowest BCUT2D eigenvalue weighted by Gasteiger charge is -2.27. The van der Waals surface area contributed by atoms with Crippen LogP contribution in [0, 0.1) is 5.92 Å². The van der Waals surface area contributed by atoms with E-state index in [9.17, 15) is 4.79 Å². The zero-order chi connectivity index (χ0) is 14.0. The van der Waals surface area contributed by atoms with Gasteiger partial charge in [0.05, 0.1) is 6.04 Å². The van der Waals surface area contributed by atoms with Gasteiger partial charge in [-0.05, 0) is 52.4 Å². The molecule has 1 aliphatic rings. The third-order valence-electron chi connectivity index (χ3n) is 3.42. The molecule has 1 amide bonds. The Kier molecular flexibility index (Phi) is 4.58. The molecule has 1 aliphatic carbocycles. The van der Waals surface area contributed by atoms with Gasteiger partial charge in [-0.25, -0.2) is 4.98 Å². The minimum absolute atomic E-state index is 0.0606. The molecule has 1 unspecified atom stereocenters. The quantitative estimate of drug-likeness (QED) is 0.845. The highest BCUT2D eigenvalue weighted by Crippen LogP contribution is 2.29. The van der Waals surface area contributed by atoms with Gasteiger partial charge in [-0.3, -0.25) is 4.79 Å². The maximum atomic E-state index is 12.4. The first-order valence-corrected chi connectivity index (χ1v) is 7.45.